The van der Waals surface area contributed by atoms with Gasteiger partial charge in [-0.25, -0.2) is 0 Å². The number of carbonyl (C=O) groups excluding carboxylic acids is 1. The Morgan fingerprint density at radius 2 is 1.80 bits per heavy atom. The summed E-state index contributed by atoms with van der Waals surface area (Å²) in [5.41, 5.74) is 1.34. The molecule has 0 heterocycles. The Morgan fingerprint density at radius 3 is 2.50 bits per heavy atom. The molecule has 0 aromatic heterocycles. The van der Waals surface area contributed by atoms with Gasteiger partial charge in [0.05, 0.1) is 0 Å². The highest BCUT2D eigenvalue weighted by Crippen LogP contribution is 2.22. The van der Waals surface area contributed by atoms with Crippen LogP contribution in [0.3, 0.4) is 0 Å². The highest BCUT2D eigenvalue weighted by molar-refractivity contribution is 8.13. The maximum absolute atomic E-state index is 11.7. The maximum Gasteiger partial charge on any atom is 0.285 e. The maximum atomic E-state index is 11.7. The standard InChI is InChI=1S/C17H27NOS/c1-4-5-6-7-8-9-11-15-12-10-13-16(14-15)20-17(19)18(2)3/h10,12-14H,4-9,11H2,1-3H3. The predicted molar refractivity (Wildman–Crippen MR) is 88.5 cm³/mol. The minimum absolute atomic E-state index is 0.0849. The van der Waals surface area contributed by atoms with Crippen LogP contribution >= 0.6 is 11.8 Å². The van der Waals surface area contributed by atoms with Gasteiger partial charge in [0, 0.05) is 19.0 Å². The fraction of sp³-hybridized carbons (Fsp3) is 0.588. The summed E-state index contributed by atoms with van der Waals surface area (Å²) >= 11 is 1.30. The summed E-state index contributed by atoms with van der Waals surface area (Å²) in [7, 11) is 3.57. The minimum Gasteiger partial charge on any atom is -0.339 e. The molecule has 1 aromatic carbocycles. The van der Waals surface area contributed by atoms with Gasteiger partial charge in [0.1, 0.15) is 0 Å². The smallest absolute Gasteiger partial charge is 0.285 e. The topological polar surface area (TPSA) is 20.3 Å². The summed E-state index contributed by atoms with van der Waals surface area (Å²) in [6.45, 7) is 2.25. The molecule has 1 amide bonds. The average Bonchev–Trinajstić information content (AvgIpc) is 2.43. The number of hydrogen-bond donors (Lipinski definition) is 0. The molecule has 0 N–H and O–H groups in total. The largest absolute Gasteiger partial charge is 0.339 e. The molecular formula is C17H27NOS. The first-order valence-corrected chi connectivity index (χ1v) is 8.43. The van der Waals surface area contributed by atoms with Crippen LogP contribution in [-0.2, 0) is 6.42 Å². The van der Waals surface area contributed by atoms with Gasteiger partial charge >= 0.3 is 0 Å². The van der Waals surface area contributed by atoms with Gasteiger partial charge in [0.2, 0.25) is 0 Å². The third-order valence-electron chi connectivity index (χ3n) is 3.29. The van der Waals surface area contributed by atoms with Gasteiger partial charge in [-0.3, -0.25) is 4.79 Å². The van der Waals surface area contributed by atoms with E-state index in [1.54, 1.807) is 19.0 Å². The van der Waals surface area contributed by atoms with Crippen molar-refractivity contribution in [2.45, 2.75) is 56.8 Å². The van der Waals surface area contributed by atoms with E-state index in [0.29, 0.717) is 0 Å². The van der Waals surface area contributed by atoms with E-state index in [0.717, 1.165) is 11.3 Å². The van der Waals surface area contributed by atoms with Crippen LogP contribution in [0, 0.1) is 0 Å². The molecule has 0 radical (unpaired) electrons. The van der Waals surface area contributed by atoms with Gasteiger partial charge in [0.15, 0.2) is 0 Å². The van der Waals surface area contributed by atoms with Crippen molar-refractivity contribution < 1.29 is 4.79 Å². The van der Waals surface area contributed by atoms with Gasteiger partial charge < -0.3 is 4.90 Å². The Morgan fingerprint density at radius 1 is 1.10 bits per heavy atom. The second kappa shape index (κ2) is 9.87. The zero-order chi connectivity index (χ0) is 14.8. The van der Waals surface area contributed by atoms with Gasteiger partial charge in [-0.05, 0) is 42.3 Å². The van der Waals surface area contributed by atoms with E-state index in [2.05, 4.69) is 25.1 Å². The minimum atomic E-state index is 0.0849. The molecule has 0 saturated carbocycles. The molecule has 2 nitrogen and oxygen atoms in total. The number of aryl methyl sites for hydroxylation is 1. The van der Waals surface area contributed by atoms with E-state index >= 15 is 0 Å². The lowest BCUT2D eigenvalue weighted by Crippen LogP contribution is -2.15. The monoisotopic (exact) mass is 293 g/mol. The van der Waals surface area contributed by atoms with E-state index in [1.165, 1.54) is 55.9 Å². The van der Waals surface area contributed by atoms with E-state index in [-0.39, 0.29) is 5.24 Å². The van der Waals surface area contributed by atoms with Crippen LogP contribution in [0.4, 0.5) is 4.79 Å². The number of thioether (sulfide) groups is 1. The first kappa shape index (κ1) is 17.1. The highest BCUT2D eigenvalue weighted by Gasteiger charge is 2.06. The van der Waals surface area contributed by atoms with Crippen LogP contribution in [0.15, 0.2) is 29.2 Å². The van der Waals surface area contributed by atoms with Crippen molar-refractivity contribution in [3.63, 3.8) is 0 Å². The molecule has 112 valence electrons. The molecule has 3 heteroatoms. The summed E-state index contributed by atoms with van der Waals surface area (Å²) in [6.07, 6.45) is 9.06. The Bertz CT molecular complexity index is 404. The molecule has 0 aliphatic carbocycles. The van der Waals surface area contributed by atoms with E-state index in [1.807, 2.05) is 6.07 Å². The molecule has 0 saturated heterocycles. The lowest BCUT2D eigenvalue weighted by molar-refractivity contribution is 0.241. The first-order valence-electron chi connectivity index (χ1n) is 7.61. The third kappa shape index (κ3) is 6.99. The average molecular weight is 293 g/mol. The fourth-order valence-corrected chi connectivity index (χ4v) is 2.81. The molecule has 1 aromatic rings. The predicted octanol–water partition coefficient (Wildman–Crippen LogP) is 5.36. The van der Waals surface area contributed by atoms with E-state index in [4.69, 9.17) is 0 Å². The number of carbonyl (C=O) groups is 1. The summed E-state index contributed by atoms with van der Waals surface area (Å²) in [6, 6.07) is 8.38. The number of unbranched alkanes of at least 4 members (excludes halogenated alkanes) is 5. The summed E-state index contributed by atoms with van der Waals surface area (Å²) < 4.78 is 0. The van der Waals surface area contributed by atoms with Crippen molar-refractivity contribution in [1.29, 1.82) is 0 Å². The van der Waals surface area contributed by atoms with Crippen molar-refractivity contribution in [2.75, 3.05) is 14.1 Å². The first-order chi connectivity index (χ1) is 9.63. The van der Waals surface area contributed by atoms with Gasteiger partial charge in [-0.15, -0.1) is 0 Å². The van der Waals surface area contributed by atoms with Crippen LogP contribution in [0.1, 0.15) is 51.0 Å². The van der Waals surface area contributed by atoms with Crippen LogP contribution in [-0.4, -0.2) is 24.2 Å². The lowest BCUT2D eigenvalue weighted by atomic mass is 10.1. The quantitative estimate of drug-likeness (QED) is 0.475. The normalized spacial score (nSPS) is 10.6. The second-order valence-corrected chi connectivity index (χ2v) is 6.45. The van der Waals surface area contributed by atoms with Crippen LogP contribution in [0.2, 0.25) is 0 Å². The Labute approximate surface area is 127 Å². The summed E-state index contributed by atoms with van der Waals surface area (Å²) in [4.78, 5) is 14.3. The van der Waals surface area contributed by atoms with Crippen LogP contribution in [0.5, 0.6) is 0 Å². The number of hydrogen-bond acceptors (Lipinski definition) is 2. The second-order valence-electron chi connectivity index (χ2n) is 5.43. The molecule has 0 unspecified atom stereocenters. The van der Waals surface area contributed by atoms with Gasteiger partial charge in [-0.1, -0.05) is 51.2 Å². The van der Waals surface area contributed by atoms with Gasteiger partial charge in [-0.2, -0.15) is 0 Å². The van der Waals surface area contributed by atoms with Crippen molar-refractivity contribution in [3.8, 4) is 0 Å². The zero-order valence-corrected chi connectivity index (χ0v) is 13.8. The van der Waals surface area contributed by atoms with Crippen molar-refractivity contribution in [1.82, 2.24) is 4.90 Å². The molecule has 0 aliphatic heterocycles. The molecule has 0 aliphatic rings. The molecule has 0 fully saturated rings. The zero-order valence-electron chi connectivity index (χ0n) is 13.0. The Hall–Kier alpha value is -0.960. The van der Waals surface area contributed by atoms with Crippen LogP contribution < -0.4 is 0 Å². The SMILES string of the molecule is CCCCCCCCc1cccc(SC(=O)N(C)C)c1. The summed E-state index contributed by atoms with van der Waals surface area (Å²) in [5.74, 6) is 0. The highest BCUT2D eigenvalue weighted by atomic mass is 32.2. The van der Waals surface area contributed by atoms with Crippen LogP contribution in [0.25, 0.3) is 0 Å². The Balaban J connectivity index is 2.34. The van der Waals surface area contributed by atoms with E-state index in [9.17, 15) is 4.79 Å². The number of nitrogens with zero attached hydrogens (tertiary/aromatic N) is 1. The molecule has 0 spiro atoms. The number of benzene rings is 1. The molecular weight excluding hydrogens is 266 g/mol. The Kier molecular flexibility index (Phi) is 8.43. The third-order valence-corrected chi connectivity index (χ3v) is 4.32. The van der Waals surface area contributed by atoms with Crippen molar-refractivity contribution >= 4 is 17.0 Å². The van der Waals surface area contributed by atoms with Crippen molar-refractivity contribution in [3.05, 3.63) is 29.8 Å². The molecule has 20 heavy (non-hydrogen) atoms. The van der Waals surface area contributed by atoms with E-state index < -0.39 is 0 Å². The van der Waals surface area contributed by atoms with Crippen molar-refractivity contribution in [2.24, 2.45) is 0 Å². The fourth-order valence-electron chi connectivity index (χ4n) is 2.07. The lowest BCUT2D eigenvalue weighted by Gasteiger charge is -2.10. The molecule has 1 rings (SSSR count). The molecule has 0 bridgehead atoms. The summed E-state index contributed by atoms with van der Waals surface area (Å²) in [5, 5.41) is 0.0849. The number of rotatable bonds is 8. The molecule has 0 atom stereocenters. The van der Waals surface area contributed by atoms with Gasteiger partial charge in [0.25, 0.3) is 5.24 Å². The number of amides is 1.